The second-order valence-electron chi connectivity index (χ2n) is 7.79. The van der Waals surface area contributed by atoms with Gasteiger partial charge in [-0.05, 0) is 48.2 Å². The number of anilines is 1. The number of aromatic amines is 1. The molecule has 3 aromatic heterocycles. The van der Waals surface area contributed by atoms with Crippen molar-refractivity contribution < 1.29 is 9.90 Å². The zero-order chi connectivity index (χ0) is 22.4. The first-order valence-corrected chi connectivity index (χ1v) is 11.5. The zero-order valence-electron chi connectivity index (χ0n) is 17.3. The Labute approximate surface area is 193 Å². The fourth-order valence-electron chi connectivity index (χ4n) is 4.08. The van der Waals surface area contributed by atoms with Gasteiger partial charge in [0.05, 0.1) is 16.0 Å². The maximum absolute atomic E-state index is 11.8. The van der Waals surface area contributed by atoms with Crippen LogP contribution in [0.2, 0.25) is 5.02 Å². The lowest BCUT2D eigenvalue weighted by Gasteiger charge is -2.18. The number of aryl methyl sites for hydroxylation is 1. The third-order valence-electron chi connectivity index (χ3n) is 5.67. The van der Waals surface area contributed by atoms with Gasteiger partial charge in [-0.3, -0.25) is 4.98 Å². The molecular formula is C22H21ClN6O2S. The Morgan fingerprint density at radius 2 is 2.25 bits per heavy atom. The number of nitrogens with two attached hydrogens (primary N) is 1. The monoisotopic (exact) mass is 468 g/mol. The van der Waals surface area contributed by atoms with Crippen molar-refractivity contribution in [1.82, 2.24) is 19.9 Å². The van der Waals surface area contributed by atoms with Crippen molar-refractivity contribution in [1.29, 1.82) is 0 Å². The zero-order valence-corrected chi connectivity index (χ0v) is 18.9. The number of carboxylic acid groups (broad SMARTS) is 1. The number of halogens is 1. The number of carboxylic acids is 1. The maximum atomic E-state index is 11.8. The van der Waals surface area contributed by atoms with E-state index in [1.54, 1.807) is 24.5 Å². The number of carbonyl (C=O) groups is 1. The highest BCUT2D eigenvalue weighted by Gasteiger charge is 2.26. The fourth-order valence-corrected chi connectivity index (χ4v) is 5.28. The molecule has 1 fully saturated rings. The van der Waals surface area contributed by atoms with Gasteiger partial charge in [-0.15, -0.1) is 0 Å². The summed E-state index contributed by atoms with van der Waals surface area (Å²) in [5.74, 6) is -0.243. The molecule has 4 N–H and O–H groups in total. The number of aromatic carboxylic acids is 1. The van der Waals surface area contributed by atoms with E-state index >= 15 is 0 Å². The topological polar surface area (TPSA) is 121 Å². The summed E-state index contributed by atoms with van der Waals surface area (Å²) in [5, 5.41) is 13.0. The second-order valence-corrected chi connectivity index (χ2v) is 9.21. The number of benzene rings is 1. The quantitative estimate of drug-likeness (QED) is 0.374. The normalized spacial score (nSPS) is 16.3. The van der Waals surface area contributed by atoms with Crippen LogP contribution in [0.3, 0.4) is 0 Å². The van der Waals surface area contributed by atoms with Crippen LogP contribution in [-0.2, 0) is 6.42 Å². The van der Waals surface area contributed by atoms with Gasteiger partial charge >= 0.3 is 5.97 Å². The highest BCUT2D eigenvalue weighted by Crippen LogP contribution is 2.38. The minimum absolute atomic E-state index is 0.0895. The van der Waals surface area contributed by atoms with E-state index in [4.69, 9.17) is 27.3 Å². The van der Waals surface area contributed by atoms with Gasteiger partial charge in [-0.2, -0.15) is 0 Å². The summed E-state index contributed by atoms with van der Waals surface area (Å²) in [6.07, 6.45) is 4.85. The van der Waals surface area contributed by atoms with Crippen LogP contribution in [-0.4, -0.2) is 50.1 Å². The number of rotatable bonds is 5. The number of hydrogen-bond acceptors (Lipinski definition) is 7. The Morgan fingerprint density at radius 1 is 1.41 bits per heavy atom. The average molecular weight is 469 g/mol. The molecule has 0 spiro atoms. The van der Waals surface area contributed by atoms with Gasteiger partial charge in [0.1, 0.15) is 11.5 Å². The molecule has 0 amide bonds. The number of aromatic nitrogens is 4. The Kier molecular flexibility index (Phi) is 5.40. The van der Waals surface area contributed by atoms with Crippen molar-refractivity contribution >= 4 is 57.0 Å². The van der Waals surface area contributed by atoms with Gasteiger partial charge in [0.25, 0.3) is 0 Å². The number of nitrogens with one attached hydrogen (secondary N) is 1. The van der Waals surface area contributed by atoms with Crippen LogP contribution in [0.15, 0.2) is 40.6 Å². The van der Waals surface area contributed by atoms with Gasteiger partial charge in [-0.25, -0.2) is 14.8 Å². The van der Waals surface area contributed by atoms with Crippen LogP contribution >= 0.6 is 23.4 Å². The Morgan fingerprint density at radius 3 is 2.97 bits per heavy atom. The summed E-state index contributed by atoms with van der Waals surface area (Å²) >= 11 is 7.98. The lowest BCUT2D eigenvalue weighted by molar-refractivity contribution is 0.0698. The number of nitrogens with zero attached hydrogens (tertiary/aromatic N) is 4. The number of H-pyrrole nitrogens is 1. The molecule has 1 aliphatic rings. The van der Waals surface area contributed by atoms with Gasteiger partial charge in [0.2, 0.25) is 0 Å². The molecule has 4 heterocycles. The fraction of sp³-hybridized carbons (Fsp3) is 0.273. The van der Waals surface area contributed by atoms with Crippen LogP contribution < -0.4 is 10.6 Å². The van der Waals surface area contributed by atoms with E-state index < -0.39 is 5.97 Å². The molecule has 0 bridgehead atoms. The van der Waals surface area contributed by atoms with E-state index in [1.165, 1.54) is 11.8 Å². The average Bonchev–Trinajstić information content (AvgIpc) is 3.35. The molecule has 0 aliphatic carbocycles. The van der Waals surface area contributed by atoms with Gasteiger partial charge in [0.15, 0.2) is 5.16 Å². The molecular weight excluding hydrogens is 448 g/mol. The Balaban J connectivity index is 1.63. The standard InChI is InChI=1S/C22H21ClN6O2S/c1-2-16-18(23)17-19(26-16)27-22(28-20(17)29-6-4-12(24)10-29)32-13-7-11-3-5-25-9-15(11)14(8-13)21(30)31/h3,5,7-9,12H,2,4,6,10,24H2,1H3,(H,30,31)(H,26,27,28). The van der Waals surface area contributed by atoms with E-state index in [0.29, 0.717) is 27.8 Å². The highest BCUT2D eigenvalue weighted by atomic mass is 35.5. The summed E-state index contributed by atoms with van der Waals surface area (Å²) < 4.78 is 0. The summed E-state index contributed by atoms with van der Waals surface area (Å²) in [4.78, 5) is 31.6. The van der Waals surface area contributed by atoms with Crippen LogP contribution in [0.1, 0.15) is 29.4 Å². The van der Waals surface area contributed by atoms with E-state index in [1.807, 2.05) is 13.0 Å². The lowest BCUT2D eigenvalue weighted by atomic mass is 10.1. The third kappa shape index (κ3) is 3.66. The first-order chi connectivity index (χ1) is 15.4. The molecule has 1 aliphatic heterocycles. The maximum Gasteiger partial charge on any atom is 0.336 e. The van der Waals surface area contributed by atoms with Crippen molar-refractivity contribution in [3.8, 4) is 0 Å². The van der Waals surface area contributed by atoms with E-state index in [9.17, 15) is 9.90 Å². The summed E-state index contributed by atoms with van der Waals surface area (Å²) in [6.45, 7) is 3.53. The lowest BCUT2D eigenvalue weighted by Crippen LogP contribution is -2.27. The predicted molar refractivity (Wildman–Crippen MR) is 126 cm³/mol. The third-order valence-corrected chi connectivity index (χ3v) is 6.92. The van der Waals surface area contributed by atoms with Crippen LogP contribution in [0.5, 0.6) is 0 Å². The number of pyridine rings is 1. The van der Waals surface area contributed by atoms with E-state index in [-0.39, 0.29) is 11.6 Å². The predicted octanol–water partition coefficient (Wildman–Crippen LogP) is 4.11. The molecule has 8 nitrogen and oxygen atoms in total. The molecule has 0 saturated carbocycles. The molecule has 1 atom stereocenters. The van der Waals surface area contributed by atoms with Gasteiger partial charge in [0, 0.05) is 47.5 Å². The second kappa shape index (κ2) is 8.23. The minimum atomic E-state index is -1.00. The van der Waals surface area contributed by atoms with Gasteiger partial charge in [-0.1, -0.05) is 18.5 Å². The van der Waals surface area contributed by atoms with E-state index in [0.717, 1.165) is 46.6 Å². The SMILES string of the molecule is CCc1[nH]c2nc(Sc3cc(C(=O)O)c4cnccc4c3)nc(N3CCC(N)C3)c2c1Cl. The molecule has 4 aromatic rings. The van der Waals surface area contributed by atoms with Crippen molar-refractivity contribution in [2.45, 2.75) is 35.9 Å². The van der Waals surface area contributed by atoms with Crippen molar-refractivity contribution in [2.24, 2.45) is 5.73 Å². The Bertz CT molecular complexity index is 1360. The molecule has 1 aromatic carbocycles. The van der Waals surface area contributed by atoms with E-state index in [2.05, 4.69) is 14.9 Å². The molecule has 0 radical (unpaired) electrons. The highest BCUT2D eigenvalue weighted by molar-refractivity contribution is 7.99. The largest absolute Gasteiger partial charge is 0.478 e. The first kappa shape index (κ1) is 21.0. The molecule has 164 valence electrons. The van der Waals surface area contributed by atoms with Crippen molar-refractivity contribution in [3.05, 3.63) is 46.9 Å². The molecule has 10 heteroatoms. The molecule has 1 unspecified atom stereocenters. The first-order valence-electron chi connectivity index (χ1n) is 10.3. The minimum Gasteiger partial charge on any atom is -0.478 e. The molecule has 1 saturated heterocycles. The molecule has 32 heavy (non-hydrogen) atoms. The van der Waals surface area contributed by atoms with Crippen LogP contribution in [0, 0.1) is 0 Å². The van der Waals surface area contributed by atoms with Gasteiger partial charge < -0.3 is 20.7 Å². The summed E-state index contributed by atoms with van der Waals surface area (Å²) in [7, 11) is 0. The molecule has 5 rings (SSSR count). The van der Waals surface area contributed by atoms with Crippen molar-refractivity contribution in [3.63, 3.8) is 0 Å². The van der Waals surface area contributed by atoms with Crippen LogP contribution in [0.4, 0.5) is 5.82 Å². The summed E-state index contributed by atoms with van der Waals surface area (Å²) in [5.41, 5.74) is 7.92. The summed E-state index contributed by atoms with van der Waals surface area (Å²) in [6, 6.07) is 5.44. The van der Waals surface area contributed by atoms with Crippen molar-refractivity contribution in [2.75, 3.05) is 18.0 Å². The smallest absolute Gasteiger partial charge is 0.336 e. The number of hydrogen-bond donors (Lipinski definition) is 3. The Hall–Kier alpha value is -2.88. The number of fused-ring (bicyclic) bond motifs is 2. The van der Waals surface area contributed by atoms with Crippen LogP contribution in [0.25, 0.3) is 21.8 Å².